The third-order valence-electron chi connectivity index (χ3n) is 0. The van der Waals surface area contributed by atoms with E-state index in [0.29, 0.717) is 0 Å². The quantitative estimate of drug-likeness (QED) is 0.521. The van der Waals surface area contributed by atoms with Crippen LogP contribution in [0.15, 0.2) is 0 Å². The molecule has 0 aliphatic carbocycles. The van der Waals surface area contributed by atoms with Gasteiger partial charge in [0.25, 0.3) is 0 Å². The van der Waals surface area contributed by atoms with Gasteiger partial charge in [0.1, 0.15) is 0 Å². The maximum absolute atomic E-state index is 4.12. The van der Waals surface area contributed by atoms with E-state index in [-0.39, 0.29) is 37.7 Å². The average molecular weight is 232 g/mol. The summed E-state index contributed by atoms with van der Waals surface area (Å²) in [6, 6.07) is 0. The second-order valence-corrected chi connectivity index (χ2v) is 3.67. The molecule has 0 atom stereocenters. The van der Waals surface area contributed by atoms with Crippen molar-refractivity contribution in [3.05, 3.63) is 0 Å². The Hall–Kier alpha value is 2.58. The van der Waals surface area contributed by atoms with E-state index in [4.69, 9.17) is 0 Å². The van der Waals surface area contributed by atoms with Crippen LogP contribution in [-0.2, 0) is 62.5 Å². The summed E-state index contributed by atoms with van der Waals surface area (Å²) in [6.07, 6.45) is 0. The van der Waals surface area contributed by atoms with E-state index in [1.165, 1.54) is 0 Å². The molecule has 0 radical (unpaired) electrons. The van der Waals surface area contributed by atoms with Crippen LogP contribution in [0, 0.1) is 0 Å². The summed E-state index contributed by atoms with van der Waals surface area (Å²) in [5.41, 5.74) is 0. The summed E-state index contributed by atoms with van der Waals surface area (Å²) < 4.78 is 0. The smallest absolute Gasteiger partial charge is 0 e. The Kier molecular flexibility index (Phi) is 54.7. The first-order valence-corrected chi connectivity index (χ1v) is 6.00. The number of rotatable bonds is 0. The van der Waals surface area contributed by atoms with Crippen LogP contribution < -0.4 is 0 Å². The van der Waals surface area contributed by atoms with Gasteiger partial charge in [-0.1, -0.05) is 0 Å². The molecule has 0 spiro atoms. The molecule has 0 aromatic heterocycles. The molecule has 0 fully saturated rings. The van der Waals surface area contributed by atoms with Gasteiger partial charge in [-0.2, -0.15) is 0 Å². The SMILES string of the molecule is S=S=S.S=S=S.[Ca+2]. The van der Waals surface area contributed by atoms with Crippen LogP contribution >= 0.6 is 0 Å². The Morgan fingerprint density at radius 2 is 0.714 bits per heavy atom. The zero-order valence-electron chi connectivity index (χ0n) is 3.16. The molecule has 0 unspecified atom stereocenters. The van der Waals surface area contributed by atoms with Gasteiger partial charge in [-0.3, -0.25) is 0 Å². The van der Waals surface area contributed by atoms with E-state index < -0.39 is 0 Å². The second-order valence-electron chi connectivity index (χ2n) is 0.136. The molecule has 0 bridgehead atoms. The van der Waals surface area contributed by atoms with Gasteiger partial charge in [-0.05, 0) is 0 Å². The molecule has 0 N–H and O–H groups in total. The first kappa shape index (κ1) is 16.3. The molecule has 0 saturated carbocycles. The molecule has 7 heavy (non-hydrogen) atoms. The number of hydrogen-bond acceptors (Lipinski definition) is 4. The molecule has 0 aromatic carbocycles. The fourth-order valence-corrected chi connectivity index (χ4v) is 0. The normalized spacial score (nSPS) is 3.43. The van der Waals surface area contributed by atoms with Crippen LogP contribution in [0.2, 0.25) is 0 Å². The van der Waals surface area contributed by atoms with E-state index in [0.717, 1.165) is 17.8 Å². The monoisotopic (exact) mass is 232 g/mol. The maximum Gasteiger partial charge on any atom is 2.00 e. The van der Waals surface area contributed by atoms with Crippen molar-refractivity contribution in [2.45, 2.75) is 0 Å². The van der Waals surface area contributed by atoms with Crippen molar-refractivity contribution in [3.63, 3.8) is 0 Å². The van der Waals surface area contributed by atoms with Gasteiger partial charge in [0.15, 0.2) is 0 Å². The zero-order valence-corrected chi connectivity index (χ0v) is 10.3. The van der Waals surface area contributed by atoms with Crippen LogP contribution in [0.3, 0.4) is 0 Å². The molecule has 0 aromatic rings. The van der Waals surface area contributed by atoms with Crippen molar-refractivity contribution >= 4 is 100 Å². The molecule has 0 rings (SSSR count). The van der Waals surface area contributed by atoms with Crippen LogP contribution in [0.1, 0.15) is 0 Å². The Labute approximate surface area is 98.2 Å². The van der Waals surface area contributed by atoms with Gasteiger partial charge in [-0.15, -0.1) is 0 Å². The fraction of sp³-hybridized carbons (Fsp3) is 0. The molecule has 0 aliphatic heterocycles. The Morgan fingerprint density at radius 1 is 0.714 bits per heavy atom. The van der Waals surface area contributed by atoms with E-state index in [1.54, 1.807) is 0 Å². The minimum Gasteiger partial charge on any atom is 0 e. The van der Waals surface area contributed by atoms with E-state index in [1.807, 2.05) is 0 Å². The van der Waals surface area contributed by atoms with Gasteiger partial charge in [0.2, 0.25) is 0 Å². The van der Waals surface area contributed by atoms with Crippen molar-refractivity contribution in [1.29, 1.82) is 0 Å². The predicted molar refractivity (Wildman–Crippen MR) is 49.9 cm³/mol. The Morgan fingerprint density at radius 3 is 0.714 bits per heavy atom. The average Bonchev–Trinajstić information content (AvgIpc) is 1.39. The Balaban J connectivity index is -0.0000000400. The van der Waals surface area contributed by atoms with Gasteiger partial charge >= 0.3 is 37.7 Å². The summed E-state index contributed by atoms with van der Waals surface area (Å²) in [5, 5.41) is 0. The topological polar surface area (TPSA) is 0 Å². The Bertz CT molecular complexity index is 58.2. The zero-order chi connectivity index (χ0) is 5.41. The van der Waals surface area contributed by atoms with Crippen molar-refractivity contribution in [2.24, 2.45) is 0 Å². The largest absolute Gasteiger partial charge is 2.00 e. The van der Waals surface area contributed by atoms with Gasteiger partial charge < -0.3 is 0 Å². The van der Waals surface area contributed by atoms with E-state index >= 15 is 0 Å². The van der Waals surface area contributed by atoms with Crippen molar-refractivity contribution in [2.75, 3.05) is 0 Å². The minimum absolute atomic E-state index is 0. The van der Waals surface area contributed by atoms with Crippen molar-refractivity contribution < 1.29 is 0 Å². The number of hydrogen-bond donors (Lipinski definition) is 0. The van der Waals surface area contributed by atoms with Crippen LogP contribution in [0.25, 0.3) is 0 Å². The van der Waals surface area contributed by atoms with Crippen molar-refractivity contribution in [1.82, 2.24) is 0 Å². The third-order valence-corrected chi connectivity index (χ3v) is 0. The summed E-state index contributed by atoms with van der Waals surface area (Å²) in [6.45, 7) is 0. The molecular formula is CaS6+2. The molecule has 7 heteroatoms. The van der Waals surface area contributed by atoms with Crippen LogP contribution in [-0.4, -0.2) is 37.7 Å². The summed E-state index contributed by atoms with van der Waals surface area (Å²) in [5.74, 6) is 0. The van der Waals surface area contributed by atoms with E-state index in [9.17, 15) is 0 Å². The van der Waals surface area contributed by atoms with Crippen LogP contribution in [0.4, 0.5) is 0 Å². The fourth-order valence-electron chi connectivity index (χ4n) is 0. The van der Waals surface area contributed by atoms with Gasteiger partial charge in [0.05, 0.1) is 0 Å². The third kappa shape index (κ3) is 55.8. The standard InChI is InChI=1S/Ca.2S3/c;2*1-3-2/q+2;;. The van der Waals surface area contributed by atoms with Crippen molar-refractivity contribution in [3.8, 4) is 0 Å². The van der Waals surface area contributed by atoms with Gasteiger partial charge in [0, 0.05) is 62.5 Å². The maximum atomic E-state index is 4.12. The summed E-state index contributed by atoms with van der Waals surface area (Å²) in [7, 11) is 1.83. The second kappa shape index (κ2) is 23.5. The summed E-state index contributed by atoms with van der Waals surface area (Å²) >= 11 is 16.5. The molecule has 0 saturated heterocycles. The molecule has 0 aliphatic rings. The summed E-state index contributed by atoms with van der Waals surface area (Å²) in [4.78, 5) is 0. The predicted octanol–water partition coefficient (Wildman–Crippen LogP) is -0.395. The van der Waals surface area contributed by atoms with Crippen LogP contribution in [0.5, 0.6) is 0 Å². The molecular weight excluding hydrogens is 232 g/mol. The minimum atomic E-state index is 0. The molecule has 36 valence electrons. The molecule has 0 heterocycles. The molecule has 0 nitrogen and oxygen atoms in total. The first-order valence-electron chi connectivity index (χ1n) is 0.667. The molecule has 0 amide bonds. The van der Waals surface area contributed by atoms with E-state index in [2.05, 4.69) is 44.8 Å². The first-order chi connectivity index (χ1) is 2.83. The van der Waals surface area contributed by atoms with Gasteiger partial charge in [-0.25, -0.2) is 0 Å².